The third-order valence-corrected chi connectivity index (χ3v) is 3.91. The van der Waals surface area contributed by atoms with E-state index in [2.05, 4.69) is 26.7 Å². The number of hydrogen-bond acceptors (Lipinski definition) is 5. The fourth-order valence-electron chi connectivity index (χ4n) is 2.74. The van der Waals surface area contributed by atoms with Crippen molar-refractivity contribution in [2.75, 3.05) is 10.6 Å². The number of hydrogen-bond donors (Lipinski definition) is 2. The molecule has 1 aromatic heterocycles. The van der Waals surface area contributed by atoms with E-state index < -0.39 is 0 Å². The van der Waals surface area contributed by atoms with Crippen LogP contribution in [0.25, 0.3) is 0 Å². The number of benzene rings is 1. The molecule has 0 unspecified atom stereocenters. The van der Waals surface area contributed by atoms with E-state index in [9.17, 15) is 0 Å². The van der Waals surface area contributed by atoms with Gasteiger partial charge < -0.3 is 10.6 Å². The van der Waals surface area contributed by atoms with Gasteiger partial charge in [0, 0.05) is 17.8 Å². The second kappa shape index (κ2) is 6.90. The Labute approximate surface area is 130 Å². The fourth-order valence-corrected chi connectivity index (χ4v) is 2.74. The summed E-state index contributed by atoms with van der Waals surface area (Å²) in [5.74, 6) is 1.61. The number of anilines is 3. The second-order valence-corrected chi connectivity index (χ2v) is 5.58. The summed E-state index contributed by atoms with van der Waals surface area (Å²) < 4.78 is 0. The molecule has 0 bridgehead atoms. The van der Waals surface area contributed by atoms with Gasteiger partial charge in [-0.1, -0.05) is 19.3 Å². The maximum atomic E-state index is 8.81. The highest BCUT2D eigenvalue weighted by Crippen LogP contribution is 2.22. The number of nitrogens with one attached hydrogen (secondary N) is 2. The topological polar surface area (TPSA) is 73.6 Å². The fraction of sp³-hybridized carbons (Fsp3) is 0.353. The monoisotopic (exact) mass is 293 g/mol. The Morgan fingerprint density at radius 3 is 2.45 bits per heavy atom. The highest BCUT2D eigenvalue weighted by molar-refractivity contribution is 5.59. The van der Waals surface area contributed by atoms with Crippen LogP contribution in [-0.2, 0) is 0 Å². The molecule has 5 nitrogen and oxygen atoms in total. The maximum Gasteiger partial charge on any atom is 0.135 e. The van der Waals surface area contributed by atoms with E-state index in [4.69, 9.17) is 5.26 Å². The van der Waals surface area contributed by atoms with Crippen LogP contribution in [0.15, 0.2) is 36.7 Å². The maximum absolute atomic E-state index is 8.81. The molecule has 1 saturated carbocycles. The molecule has 0 radical (unpaired) electrons. The zero-order chi connectivity index (χ0) is 15.2. The average Bonchev–Trinajstić information content (AvgIpc) is 2.57. The lowest BCUT2D eigenvalue weighted by Crippen LogP contribution is -2.22. The lowest BCUT2D eigenvalue weighted by molar-refractivity contribution is 0.462. The summed E-state index contributed by atoms with van der Waals surface area (Å²) in [5, 5.41) is 15.5. The zero-order valence-electron chi connectivity index (χ0n) is 12.4. The van der Waals surface area contributed by atoms with Crippen LogP contribution < -0.4 is 10.6 Å². The van der Waals surface area contributed by atoms with Crippen molar-refractivity contribution in [2.24, 2.45) is 0 Å². The van der Waals surface area contributed by atoms with Crippen molar-refractivity contribution < 1.29 is 0 Å². The first kappa shape index (κ1) is 14.3. The average molecular weight is 293 g/mol. The van der Waals surface area contributed by atoms with Gasteiger partial charge in [-0.25, -0.2) is 9.97 Å². The second-order valence-electron chi connectivity index (χ2n) is 5.58. The molecule has 1 heterocycles. The standard InChI is InChI=1S/C17H19N5/c18-11-13-6-8-15(9-7-13)22-17-10-16(19-12-20-17)21-14-4-2-1-3-5-14/h6-10,12,14H,1-5H2,(H2,19,20,21,22). The van der Waals surface area contributed by atoms with Crippen LogP contribution >= 0.6 is 0 Å². The minimum atomic E-state index is 0.520. The van der Waals surface area contributed by atoms with Crippen LogP contribution in [-0.4, -0.2) is 16.0 Å². The Kier molecular flexibility index (Phi) is 4.50. The molecule has 0 saturated heterocycles. The summed E-state index contributed by atoms with van der Waals surface area (Å²) in [6, 6.07) is 11.9. The minimum absolute atomic E-state index is 0.520. The Bertz CT molecular complexity index is 653. The van der Waals surface area contributed by atoms with E-state index in [0.717, 1.165) is 17.3 Å². The van der Waals surface area contributed by atoms with Crippen LogP contribution in [0, 0.1) is 11.3 Å². The first-order chi connectivity index (χ1) is 10.8. The third kappa shape index (κ3) is 3.73. The summed E-state index contributed by atoms with van der Waals surface area (Å²) in [5.41, 5.74) is 1.55. The smallest absolute Gasteiger partial charge is 0.135 e. The molecule has 3 rings (SSSR count). The predicted molar refractivity (Wildman–Crippen MR) is 87.0 cm³/mol. The molecule has 0 aliphatic heterocycles. The Balaban J connectivity index is 1.66. The van der Waals surface area contributed by atoms with E-state index in [-0.39, 0.29) is 0 Å². The number of aromatic nitrogens is 2. The molecule has 1 aliphatic carbocycles. The highest BCUT2D eigenvalue weighted by atomic mass is 15.1. The van der Waals surface area contributed by atoms with Gasteiger partial charge in [0.15, 0.2) is 0 Å². The van der Waals surface area contributed by atoms with E-state index in [1.54, 1.807) is 18.5 Å². The predicted octanol–water partition coefficient (Wildman–Crippen LogP) is 3.84. The molecule has 0 amide bonds. The molecule has 1 aliphatic rings. The van der Waals surface area contributed by atoms with Gasteiger partial charge in [0.2, 0.25) is 0 Å². The number of nitrogens with zero attached hydrogens (tertiary/aromatic N) is 3. The zero-order valence-corrected chi connectivity index (χ0v) is 12.4. The Hall–Kier alpha value is -2.61. The van der Waals surface area contributed by atoms with Crippen molar-refractivity contribution in [3.05, 3.63) is 42.2 Å². The van der Waals surface area contributed by atoms with E-state index in [1.807, 2.05) is 18.2 Å². The van der Waals surface area contributed by atoms with Crippen molar-refractivity contribution in [1.82, 2.24) is 9.97 Å². The summed E-state index contributed by atoms with van der Waals surface area (Å²) in [6.45, 7) is 0. The summed E-state index contributed by atoms with van der Waals surface area (Å²) >= 11 is 0. The molecule has 1 fully saturated rings. The van der Waals surface area contributed by atoms with Crippen LogP contribution in [0.3, 0.4) is 0 Å². The first-order valence-corrected chi connectivity index (χ1v) is 7.69. The van der Waals surface area contributed by atoms with Gasteiger partial charge in [-0.05, 0) is 37.1 Å². The molecule has 0 spiro atoms. The van der Waals surface area contributed by atoms with E-state index in [1.165, 1.54) is 32.1 Å². The quantitative estimate of drug-likeness (QED) is 0.896. The molecule has 5 heteroatoms. The molecular weight excluding hydrogens is 274 g/mol. The van der Waals surface area contributed by atoms with Crippen molar-refractivity contribution in [2.45, 2.75) is 38.1 Å². The molecule has 22 heavy (non-hydrogen) atoms. The summed E-state index contributed by atoms with van der Waals surface area (Å²) in [6.07, 6.45) is 7.91. The van der Waals surface area contributed by atoms with Crippen LogP contribution in [0.5, 0.6) is 0 Å². The van der Waals surface area contributed by atoms with Gasteiger partial charge in [-0.2, -0.15) is 5.26 Å². The highest BCUT2D eigenvalue weighted by Gasteiger charge is 2.13. The van der Waals surface area contributed by atoms with Crippen LogP contribution in [0.2, 0.25) is 0 Å². The summed E-state index contributed by atoms with van der Waals surface area (Å²) in [4.78, 5) is 8.54. The molecule has 1 aromatic carbocycles. The summed E-state index contributed by atoms with van der Waals surface area (Å²) in [7, 11) is 0. The van der Waals surface area contributed by atoms with E-state index in [0.29, 0.717) is 11.6 Å². The normalized spacial score (nSPS) is 15.0. The van der Waals surface area contributed by atoms with Crippen LogP contribution in [0.1, 0.15) is 37.7 Å². The van der Waals surface area contributed by atoms with Gasteiger partial charge in [0.1, 0.15) is 18.0 Å². The molecule has 112 valence electrons. The first-order valence-electron chi connectivity index (χ1n) is 7.69. The molecule has 2 N–H and O–H groups in total. The van der Waals surface area contributed by atoms with E-state index >= 15 is 0 Å². The van der Waals surface area contributed by atoms with Crippen molar-refractivity contribution in [3.63, 3.8) is 0 Å². The van der Waals surface area contributed by atoms with Gasteiger partial charge in [0.25, 0.3) is 0 Å². The molecular formula is C17H19N5. The van der Waals surface area contributed by atoms with Gasteiger partial charge >= 0.3 is 0 Å². The number of nitriles is 1. The lowest BCUT2D eigenvalue weighted by atomic mass is 9.95. The lowest BCUT2D eigenvalue weighted by Gasteiger charge is -2.23. The third-order valence-electron chi connectivity index (χ3n) is 3.91. The van der Waals surface area contributed by atoms with Gasteiger partial charge in [0.05, 0.1) is 11.6 Å². The number of rotatable bonds is 4. The largest absolute Gasteiger partial charge is 0.367 e. The Morgan fingerprint density at radius 2 is 1.73 bits per heavy atom. The SMILES string of the molecule is N#Cc1ccc(Nc2cc(NC3CCCCC3)ncn2)cc1. The van der Waals surface area contributed by atoms with Crippen molar-refractivity contribution in [3.8, 4) is 6.07 Å². The molecule has 2 aromatic rings. The van der Waals surface area contributed by atoms with Gasteiger partial charge in [-0.15, -0.1) is 0 Å². The minimum Gasteiger partial charge on any atom is -0.367 e. The van der Waals surface area contributed by atoms with Crippen molar-refractivity contribution in [1.29, 1.82) is 5.26 Å². The molecule has 0 atom stereocenters. The van der Waals surface area contributed by atoms with Crippen LogP contribution in [0.4, 0.5) is 17.3 Å². The van der Waals surface area contributed by atoms with Gasteiger partial charge in [-0.3, -0.25) is 0 Å². The van der Waals surface area contributed by atoms with Crippen molar-refractivity contribution >= 4 is 17.3 Å². The Morgan fingerprint density at radius 1 is 1.00 bits per heavy atom.